The van der Waals surface area contributed by atoms with E-state index in [1.807, 2.05) is 0 Å². The van der Waals surface area contributed by atoms with E-state index < -0.39 is 0 Å². The number of rotatable bonds is 8. The number of hydrogen-bond donors (Lipinski definition) is 1. The highest BCUT2D eigenvalue weighted by atomic mass is 16.5. The third-order valence-corrected chi connectivity index (χ3v) is 5.50. The molecule has 0 aromatic carbocycles. The summed E-state index contributed by atoms with van der Waals surface area (Å²) in [5, 5.41) is 3.82. The van der Waals surface area contributed by atoms with E-state index in [-0.39, 0.29) is 0 Å². The van der Waals surface area contributed by atoms with Crippen LogP contribution in [0.3, 0.4) is 0 Å². The highest BCUT2D eigenvalue weighted by molar-refractivity contribution is 4.91. The maximum atomic E-state index is 5.88. The maximum Gasteiger partial charge on any atom is 0.0702 e. The minimum absolute atomic E-state index is 0.485. The average Bonchev–Trinajstić information content (AvgIpc) is 3.03. The van der Waals surface area contributed by atoms with Gasteiger partial charge in [0, 0.05) is 25.2 Å². The molecule has 0 aromatic rings. The van der Waals surface area contributed by atoms with Crippen LogP contribution < -0.4 is 5.32 Å². The van der Waals surface area contributed by atoms with Crippen LogP contribution in [0.2, 0.25) is 0 Å². The van der Waals surface area contributed by atoms with Crippen LogP contribution in [-0.4, -0.2) is 49.3 Å². The minimum atomic E-state index is 0.485. The minimum Gasteiger partial charge on any atom is -0.377 e. The normalized spacial score (nSPS) is 33.7. The summed E-state index contributed by atoms with van der Waals surface area (Å²) in [6, 6.07) is 1.40. The first-order valence-electron chi connectivity index (χ1n) is 9.37. The van der Waals surface area contributed by atoms with Crippen LogP contribution in [0.4, 0.5) is 0 Å². The van der Waals surface area contributed by atoms with Gasteiger partial charge < -0.3 is 10.1 Å². The molecular formula is C18H36N2O. The molecule has 0 spiro atoms. The molecule has 1 saturated heterocycles. The zero-order valence-electron chi connectivity index (χ0n) is 14.4. The van der Waals surface area contributed by atoms with Crippen LogP contribution in [0.5, 0.6) is 0 Å². The first kappa shape index (κ1) is 17.2. The van der Waals surface area contributed by atoms with Crippen molar-refractivity contribution in [1.29, 1.82) is 0 Å². The fraction of sp³-hybridized carbons (Fsp3) is 1.00. The van der Waals surface area contributed by atoms with Gasteiger partial charge in [-0.3, -0.25) is 4.90 Å². The van der Waals surface area contributed by atoms with E-state index in [2.05, 4.69) is 31.0 Å². The Hall–Kier alpha value is -0.120. The molecule has 21 heavy (non-hydrogen) atoms. The van der Waals surface area contributed by atoms with Crippen LogP contribution >= 0.6 is 0 Å². The third-order valence-electron chi connectivity index (χ3n) is 5.50. The predicted octanol–water partition coefficient (Wildman–Crippen LogP) is 3.43. The van der Waals surface area contributed by atoms with Crippen LogP contribution in [0.25, 0.3) is 0 Å². The van der Waals surface area contributed by atoms with Gasteiger partial charge in [0.2, 0.25) is 0 Å². The summed E-state index contributed by atoms with van der Waals surface area (Å²) in [4.78, 5) is 2.71. The Morgan fingerprint density at radius 2 is 2.00 bits per heavy atom. The lowest BCUT2D eigenvalue weighted by Gasteiger charge is -2.43. The van der Waals surface area contributed by atoms with Gasteiger partial charge in [0.15, 0.2) is 0 Å². The van der Waals surface area contributed by atoms with E-state index in [4.69, 9.17) is 4.74 Å². The van der Waals surface area contributed by atoms with E-state index in [0.29, 0.717) is 18.2 Å². The van der Waals surface area contributed by atoms with Crippen LogP contribution in [-0.2, 0) is 4.74 Å². The standard InChI is InChI=1S/C18H36N2O/c1-4-11-19-17-10-9-15(5-2)13-18(17)20(6-3)14-16-8-7-12-21-16/h15-19H,4-14H2,1-3H3. The molecule has 0 radical (unpaired) electrons. The van der Waals surface area contributed by atoms with Gasteiger partial charge in [-0.15, -0.1) is 0 Å². The molecule has 1 aliphatic heterocycles. The Labute approximate surface area is 131 Å². The number of hydrogen-bond acceptors (Lipinski definition) is 3. The fourth-order valence-electron chi connectivity index (χ4n) is 4.12. The van der Waals surface area contributed by atoms with Gasteiger partial charge in [-0.1, -0.05) is 27.2 Å². The predicted molar refractivity (Wildman–Crippen MR) is 89.7 cm³/mol. The fourth-order valence-corrected chi connectivity index (χ4v) is 4.12. The molecule has 2 fully saturated rings. The zero-order chi connectivity index (χ0) is 15.1. The van der Waals surface area contributed by atoms with Gasteiger partial charge in [0.1, 0.15) is 0 Å². The number of nitrogens with one attached hydrogen (secondary N) is 1. The molecule has 1 saturated carbocycles. The van der Waals surface area contributed by atoms with Crippen molar-refractivity contribution in [1.82, 2.24) is 10.2 Å². The Bertz CT molecular complexity index is 278. The van der Waals surface area contributed by atoms with E-state index in [1.54, 1.807) is 0 Å². The molecule has 1 heterocycles. The van der Waals surface area contributed by atoms with Crippen molar-refractivity contribution in [2.24, 2.45) is 5.92 Å². The van der Waals surface area contributed by atoms with Crippen molar-refractivity contribution < 1.29 is 4.74 Å². The second-order valence-corrected chi connectivity index (χ2v) is 6.94. The molecule has 2 rings (SSSR count). The van der Waals surface area contributed by atoms with Crippen molar-refractivity contribution in [2.75, 3.05) is 26.2 Å². The molecule has 4 unspecified atom stereocenters. The summed E-state index contributed by atoms with van der Waals surface area (Å²) >= 11 is 0. The Morgan fingerprint density at radius 3 is 2.62 bits per heavy atom. The summed E-state index contributed by atoms with van der Waals surface area (Å²) in [6.45, 7) is 11.4. The van der Waals surface area contributed by atoms with Crippen molar-refractivity contribution in [3.8, 4) is 0 Å². The van der Waals surface area contributed by atoms with E-state index in [9.17, 15) is 0 Å². The zero-order valence-corrected chi connectivity index (χ0v) is 14.4. The van der Waals surface area contributed by atoms with Gasteiger partial charge in [-0.2, -0.15) is 0 Å². The van der Waals surface area contributed by atoms with E-state index >= 15 is 0 Å². The van der Waals surface area contributed by atoms with Gasteiger partial charge in [0.25, 0.3) is 0 Å². The quantitative estimate of drug-likeness (QED) is 0.742. The van der Waals surface area contributed by atoms with E-state index in [0.717, 1.165) is 32.2 Å². The second kappa shape index (κ2) is 9.12. The molecule has 0 amide bonds. The molecule has 2 aliphatic rings. The summed E-state index contributed by atoms with van der Waals surface area (Å²) in [5.41, 5.74) is 0. The number of ether oxygens (including phenoxy) is 1. The Morgan fingerprint density at radius 1 is 1.14 bits per heavy atom. The molecule has 3 nitrogen and oxygen atoms in total. The molecule has 1 N–H and O–H groups in total. The molecule has 1 aliphatic carbocycles. The summed E-state index contributed by atoms with van der Waals surface area (Å²) in [6.07, 6.45) is 9.70. The van der Waals surface area contributed by atoms with Gasteiger partial charge in [-0.25, -0.2) is 0 Å². The monoisotopic (exact) mass is 296 g/mol. The van der Waals surface area contributed by atoms with Crippen molar-refractivity contribution in [3.63, 3.8) is 0 Å². The van der Waals surface area contributed by atoms with Gasteiger partial charge in [0.05, 0.1) is 6.10 Å². The van der Waals surface area contributed by atoms with E-state index in [1.165, 1.54) is 44.9 Å². The highest BCUT2D eigenvalue weighted by Crippen LogP contribution is 2.31. The second-order valence-electron chi connectivity index (χ2n) is 6.94. The first-order valence-corrected chi connectivity index (χ1v) is 9.37. The lowest BCUT2D eigenvalue weighted by Crippen LogP contribution is -2.54. The molecule has 124 valence electrons. The summed E-state index contributed by atoms with van der Waals surface area (Å²) in [7, 11) is 0. The van der Waals surface area contributed by atoms with Crippen molar-refractivity contribution in [2.45, 2.75) is 83.9 Å². The third kappa shape index (κ3) is 4.94. The molecule has 0 bridgehead atoms. The number of likely N-dealkylation sites (N-methyl/N-ethyl adjacent to an activating group) is 1. The maximum absolute atomic E-state index is 5.88. The van der Waals surface area contributed by atoms with Crippen LogP contribution in [0, 0.1) is 5.92 Å². The summed E-state index contributed by atoms with van der Waals surface area (Å²) in [5.74, 6) is 0.924. The van der Waals surface area contributed by atoms with Gasteiger partial charge >= 0.3 is 0 Å². The topological polar surface area (TPSA) is 24.5 Å². The smallest absolute Gasteiger partial charge is 0.0702 e. The Kier molecular flexibility index (Phi) is 7.48. The van der Waals surface area contributed by atoms with Crippen LogP contribution in [0.1, 0.15) is 65.7 Å². The first-order chi connectivity index (χ1) is 10.3. The SMILES string of the molecule is CCCNC1CCC(CC)CC1N(CC)CC1CCCO1. The number of nitrogens with zero attached hydrogens (tertiary/aromatic N) is 1. The van der Waals surface area contributed by atoms with Crippen molar-refractivity contribution in [3.05, 3.63) is 0 Å². The van der Waals surface area contributed by atoms with Gasteiger partial charge in [-0.05, 0) is 57.5 Å². The van der Waals surface area contributed by atoms with Crippen molar-refractivity contribution >= 4 is 0 Å². The lowest BCUT2D eigenvalue weighted by atomic mass is 9.80. The highest BCUT2D eigenvalue weighted by Gasteiger charge is 2.34. The molecule has 4 atom stereocenters. The molecular weight excluding hydrogens is 260 g/mol. The lowest BCUT2D eigenvalue weighted by molar-refractivity contribution is 0.0331. The Balaban J connectivity index is 1.96. The summed E-state index contributed by atoms with van der Waals surface area (Å²) < 4.78 is 5.88. The molecule has 3 heteroatoms. The molecule has 0 aromatic heterocycles. The van der Waals surface area contributed by atoms with Crippen LogP contribution in [0.15, 0.2) is 0 Å². The average molecular weight is 296 g/mol. The largest absolute Gasteiger partial charge is 0.377 e.